The molecule has 0 fully saturated rings. The highest BCUT2D eigenvalue weighted by Crippen LogP contribution is 2.41. The maximum Gasteiger partial charge on any atom is 0.340 e. The number of carbonyl (C=O) groups excluding carboxylic acids is 1. The summed E-state index contributed by atoms with van der Waals surface area (Å²) in [5.41, 5.74) is 1.92. The Balaban J connectivity index is 2.54. The molecule has 0 amide bonds. The Hall–Kier alpha value is -2.63. The number of hydrogen-bond acceptors (Lipinski definition) is 5. The zero-order chi connectivity index (χ0) is 16.1. The number of carbonyl (C=O) groups is 1. The largest absolute Gasteiger partial charge is 0.493 e. The average Bonchev–Trinajstić information content (AvgIpc) is 3.03. The minimum atomic E-state index is -0.382. The van der Waals surface area contributed by atoms with Crippen LogP contribution in [-0.4, -0.2) is 38.9 Å². The van der Waals surface area contributed by atoms with E-state index >= 15 is 0 Å². The number of methoxy groups -OCH3 is 3. The maximum atomic E-state index is 12.0. The molecule has 1 aromatic carbocycles. The van der Waals surface area contributed by atoms with Gasteiger partial charge >= 0.3 is 5.97 Å². The molecule has 2 rings (SSSR count). The van der Waals surface area contributed by atoms with Crippen molar-refractivity contribution in [2.75, 3.05) is 27.9 Å². The van der Waals surface area contributed by atoms with Crippen molar-refractivity contribution in [1.29, 1.82) is 0 Å². The van der Waals surface area contributed by atoms with Crippen LogP contribution in [0.1, 0.15) is 17.3 Å². The number of esters is 1. The van der Waals surface area contributed by atoms with Gasteiger partial charge in [-0.2, -0.15) is 0 Å². The van der Waals surface area contributed by atoms with Crippen LogP contribution in [-0.2, 0) is 4.74 Å². The topological polar surface area (TPSA) is 69.8 Å². The number of rotatable bonds is 6. The van der Waals surface area contributed by atoms with Crippen LogP contribution in [0.5, 0.6) is 17.2 Å². The van der Waals surface area contributed by atoms with Crippen molar-refractivity contribution in [2.24, 2.45) is 0 Å². The van der Waals surface area contributed by atoms with E-state index in [1.807, 2.05) is 0 Å². The molecule has 0 bridgehead atoms. The molecule has 0 aliphatic rings. The molecule has 0 atom stereocenters. The van der Waals surface area contributed by atoms with Gasteiger partial charge in [0.2, 0.25) is 5.75 Å². The highest BCUT2D eigenvalue weighted by molar-refractivity contribution is 5.97. The van der Waals surface area contributed by atoms with Crippen molar-refractivity contribution in [3.63, 3.8) is 0 Å². The first kappa shape index (κ1) is 15.8. The fourth-order valence-electron chi connectivity index (χ4n) is 2.22. The summed E-state index contributed by atoms with van der Waals surface area (Å²) in [7, 11) is 4.63. The normalized spacial score (nSPS) is 10.2. The molecule has 0 saturated heterocycles. The quantitative estimate of drug-likeness (QED) is 0.831. The molecule has 1 heterocycles. The van der Waals surface area contributed by atoms with Crippen LogP contribution in [0, 0.1) is 0 Å². The average molecular weight is 305 g/mol. The number of hydrogen-bond donors (Lipinski definition) is 1. The van der Waals surface area contributed by atoms with Crippen LogP contribution < -0.4 is 14.2 Å². The Morgan fingerprint density at radius 2 is 1.68 bits per heavy atom. The summed E-state index contributed by atoms with van der Waals surface area (Å²) < 4.78 is 21.0. The van der Waals surface area contributed by atoms with Gasteiger partial charge in [-0.3, -0.25) is 0 Å². The molecule has 6 nitrogen and oxygen atoms in total. The van der Waals surface area contributed by atoms with Gasteiger partial charge in [-0.25, -0.2) is 4.79 Å². The number of ether oxygens (including phenoxy) is 4. The van der Waals surface area contributed by atoms with Gasteiger partial charge in [-0.1, -0.05) is 0 Å². The van der Waals surface area contributed by atoms with Crippen molar-refractivity contribution in [2.45, 2.75) is 6.92 Å². The van der Waals surface area contributed by atoms with Gasteiger partial charge in [-0.15, -0.1) is 0 Å². The second-order valence-electron chi connectivity index (χ2n) is 4.42. The maximum absolute atomic E-state index is 12.0. The third-order valence-electron chi connectivity index (χ3n) is 3.22. The van der Waals surface area contributed by atoms with Gasteiger partial charge in [-0.05, 0) is 24.6 Å². The molecule has 0 radical (unpaired) electrons. The number of aromatic amines is 1. The Kier molecular flexibility index (Phi) is 4.93. The first-order valence-electron chi connectivity index (χ1n) is 6.80. The summed E-state index contributed by atoms with van der Waals surface area (Å²) in [6.45, 7) is 2.09. The highest BCUT2D eigenvalue weighted by atomic mass is 16.5. The van der Waals surface area contributed by atoms with Gasteiger partial charge in [0.15, 0.2) is 11.5 Å². The van der Waals surface area contributed by atoms with Gasteiger partial charge in [0.1, 0.15) is 0 Å². The van der Waals surface area contributed by atoms with E-state index in [0.29, 0.717) is 35.0 Å². The monoisotopic (exact) mass is 305 g/mol. The Labute approximate surface area is 129 Å². The molecule has 0 unspecified atom stereocenters. The third-order valence-corrected chi connectivity index (χ3v) is 3.22. The number of benzene rings is 1. The van der Waals surface area contributed by atoms with E-state index in [9.17, 15) is 4.79 Å². The summed E-state index contributed by atoms with van der Waals surface area (Å²) in [5.74, 6) is 1.16. The van der Waals surface area contributed by atoms with E-state index in [2.05, 4.69) is 4.98 Å². The fraction of sp³-hybridized carbons (Fsp3) is 0.312. The Morgan fingerprint density at radius 3 is 2.18 bits per heavy atom. The third kappa shape index (κ3) is 2.86. The smallest absolute Gasteiger partial charge is 0.340 e. The lowest BCUT2D eigenvalue weighted by molar-refractivity contribution is 0.0527. The van der Waals surface area contributed by atoms with Crippen LogP contribution in [0.2, 0.25) is 0 Å². The van der Waals surface area contributed by atoms with E-state index in [0.717, 1.165) is 5.56 Å². The molecular weight excluding hydrogens is 286 g/mol. The second-order valence-corrected chi connectivity index (χ2v) is 4.42. The van der Waals surface area contributed by atoms with E-state index in [1.165, 1.54) is 0 Å². The lowest BCUT2D eigenvalue weighted by Crippen LogP contribution is -2.04. The van der Waals surface area contributed by atoms with Gasteiger partial charge in [0.05, 0.1) is 33.5 Å². The first-order chi connectivity index (χ1) is 10.7. The van der Waals surface area contributed by atoms with Crippen molar-refractivity contribution >= 4 is 5.97 Å². The molecule has 0 aliphatic heterocycles. The van der Waals surface area contributed by atoms with Gasteiger partial charge < -0.3 is 23.9 Å². The molecule has 0 aliphatic carbocycles. The number of aromatic nitrogens is 1. The molecule has 1 N–H and O–H groups in total. The summed E-state index contributed by atoms with van der Waals surface area (Å²) >= 11 is 0. The zero-order valence-corrected chi connectivity index (χ0v) is 13.1. The minimum absolute atomic E-state index is 0.318. The van der Waals surface area contributed by atoms with Crippen LogP contribution in [0.15, 0.2) is 24.5 Å². The van der Waals surface area contributed by atoms with Crippen molar-refractivity contribution in [3.05, 3.63) is 30.1 Å². The molecule has 22 heavy (non-hydrogen) atoms. The molecule has 2 aromatic rings. The summed E-state index contributed by atoms with van der Waals surface area (Å²) in [6, 6.07) is 3.57. The lowest BCUT2D eigenvalue weighted by atomic mass is 10.0. The molecule has 6 heteroatoms. The zero-order valence-electron chi connectivity index (χ0n) is 13.1. The highest BCUT2D eigenvalue weighted by Gasteiger charge is 2.19. The van der Waals surface area contributed by atoms with E-state index in [1.54, 1.807) is 52.8 Å². The summed E-state index contributed by atoms with van der Waals surface area (Å²) in [5, 5.41) is 0. The van der Waals surface area contributed by atoms with Crippen LogP contribution in [0.4, 0.5) is 0 Å². The van der Waals surface area contributed by atoms with Crippen LogP contribution >= 0.6 is 0 Å². The lowest BCUT2D eigenvalue weighted by Gasteiger charge is -2.14. The van der Waals surface area contributed by atoms with Crippen molar-refractivity contribution in [1.82, 2.24) is 4.98 Å². The van der Waals surface area contributed by atoms with Gasteiger partial charge in [0, 0.05) is 18.0 Å². The molecule has 1 aromatic heterocycles. The molecule has 0 spiro atoms. The van der Waals surface area contributed by atoms with E-state index < -0.39 is 0 Å². The predicted octanol–water partition coefficient (Wildman–Crippen LogP) is 2.88. The molecule has 118 valence electrons. The van der Waals surface area contributed by atoms with Crippen LogP contribution in [0.3, 0.4) is 0 Å². The van der Waals surface area contributed by atoms with Crippen molar-refractivity contribution in [3.8, 4) is 28.4 Å². The number of nitrogens with one attached hydrogen (secondary N) is 1. The predicted molar refractivity (Wildman–Crippen MR) is 81.8 cm³/mol. The molecular formula is C16H19NO5. The number of H-pyrrole nitrogens is 1. The van der Waals surface area contributed by atoms with Gasteiger partial charge in [0.25, 0.3) is 0 Å². The fourth-order valence-corrected chi connectivity index (χ4v) is 2.22. The second kappa shape index (κ2) is 6.89. The van der Waals surface area contributed by atoms with E-state index in [-0.39, 0.29) is 5.97 Å². The van der Waals surface area contributed by atoms with E-state index in [4.69, 9.17) is 18.9 Å². The first-order valence-corrected chi connectivity index (χ1v) is 6.80. The minimum Gasteiger partial charge on any atom is -0.493 e. The summed E-state index contributed by atoms with van der Waals surface area (Å²) in [6.07, 6.45) is 3.34. The van der Waals surface area contributed by atoms with Crippen LogP contribution in [0.25, 0.3) is 11.1 Å². The summed E-state index contributed by atoms with van der Waals surface area (Å²) in [4.78, 5) is 14.9. The molecule has 0 saturated carbocycles. The Morgan fingerprint density at radius 1 is 1.05 bits per heavy atom. The standard InChI is InChI=1S/C16H19NO5/c1-5-22-16(18)12-9-17-8-11(12)10-6-13(19-2)15(21-4)14(7-10)20-3/h6-9,17H,5H2,1-4H3. The van der Waals surface area contributed by atoms with Crippen molar-refractivity contribution < 1.29 is 23.7 Å². The Bertz CT molecular complexity index is 637. The SMILES string of the molecule is CCOC(=O)c1c[nH]cc1-c1cc(OC)c(OC)c(OC)c1.